The molecule has 2 aliphatic heterocycles. The summed E-state index contributed by atoms with van der Waals surface area (Å²) in [4.78, 5) is 16.8. The molecular weight excluding hydrogens is 200 g/mol. The van der Waals surface area contributed by atoms with Gasteiger partial charge in [-0.2, -0.15) is 0 Å². The Bertz CT molecular complexity index is 226. The quantitative estimate of drug-likeness (QED) is 0.677. The summed E-state index contributed by atoms with van der Waals surface area (Å²) in [6, 6.07) is 0. The first-order chi connectivity index (χ1) is 7.77. The van der Waals surface area contributed by atoms with Crippen LogP contribution in [0.15, 0.2) is 0 Å². The molecule has 0 N–H and O–H groups in total. The molecule has 3 nitrogen and oxygen atoms in total. The lowest BCUT2D eigenvalue weighted by Crippen LogP contribution is -2.41. The van der Waals surface area contributed by atoms with Gasteiger partial charge in [-0.25, -0.2) is 0 Å². The van der Waals surface area contributed by atoms with Crippen LogP contribution in [0.5, 0.6) is 0 Å². The Morgan fingerprint density at radius 3 is 2.06 bits per heavy atom. The average Bonchev–Trinajstić information content (AvgIpc) is 2.57. The van der Waals surface area contributed by atoms with Gasteiger partial charge in [-0.05, 0) is 45.8 Å². The third-order valence-electron chi connectivity index (χ3n) is 3.99. The van der Waals surface area contributed by atoms with Crippen molar-refractivity contribution in [1.82, 2.24) is 9.80 Å². The maximum absolute atomic E-state index is 12.3. The molecule has 92 valence electrons. The molecular formula is C13H24N2O. The molecule has 0 radical (unpaired) electrons. The standard InChI is InChI=1S/C13H24N2O/c1-14-10-6-12(7-11-14)13(16)15-8-4-2-3-5-9-15/h12H,2-11H2,1H3. The zero-order valence-corrected chi connectivity index (χ0v) is 10.5. The molecule has 0 unspecified atom stereocenters. The largest absolute Gasteiger partial charge is 0.342 e. The third-order valence-corrected chi connectivity index (χ3v) is 3.99. The number of hydrogen-bond donors (Lipinski definition) is 0. The molecule has 0 aromatic rings. The minimum absolute atomic E-state index is 0.314. The molecule has 16 heavy (non-hydrogen) atoms. The number of likely N-dealkylation sites (tertiary alicyclic amines) is 2. The van der Waals surface area contributed by atoms with Crippen molar-refractivity contribution in [3.8, 4) is 0 Å². The maximum Gasteiger partial charge on any atom is 0.225 e. The molecule has 0 bridgehead atoms. The van der Waals surface area contributed by atoms with Crippen molar-refractivity contribution in [2.75, 3.05) is 33.2 Å². The van der Waals surface area contributed by atoms with Gasteiger partial charge in [0.25, 0.3) is 0 Å². The Kier molecular flexibility index (Phi) is 4.22. The fraction of sp³-hybridized carbons (Fsp3) is 0.923. The zero-order valence-electron chi connectivity index (χ0n) is 10.5. The smallest absolute Gasteiger partial charge is 0.225 e. The van der Waals surface area contributed by atoms with E-state index in [-0.39, 0.29) is 0 Å². The van der Waals surface area contributed by atoms with Gasteiger partial charge in [-0.15, -0.1) is 0 Å². The van der Waals surface area contributed by atoms with E-state index in [1.54, 1.807) is 0 Å². The Morgan fingerprint density at radius 2 is 1.50 bits per heavy atom. The van der Waals surface area contributed by atoms with Gasteiger partial charge in [0.05, 0.1) is 0 Å². The highest BCUT2D eigenvalue weighted by molar-refractivity contribution is 5.79. The number of carbonyl (C=O) groups excluding carboxylic acids is 1. The van der Waals surface area contributed by atoms with Crippen LogP contribution in [0.3, 0.4) is 0 Å². The molecule has 2 saturated heterocycles. The first kappa shape index (κ1) is 11.9. The number of hydrogen-bond acceptors (Lipinski definition) is 2. The van der Waals surface area contributed by atoms with E-state index in [4.69, 9.17) is 0 Å². The second kappa shape index (κ2) is 5.67. The molecule has 2 heterocycles. The number of carbonyl (C=O) groups is 1. The van der Waals surface area contributed by atoms with E-state index in [1.165, 1.54) is 25.7 Å². The van der Waals surface area contributed by atoms with E-state index >= 15 is 0 Å². The van der Waals surface area contributed by atoms with Crippen molar-refractivity contribution >= 4 is 5.91 Å². The van der Waals surface area contributed by atoms with E-state index < -0.39 is 0 Å². The first-order valence-electron chi connectivity index (χ1n) is 6.75. The summed E-state index contributed by atoms with van der Waals surface area (Å²) < 4.78 is 0. The Labute approximate surface area is 98.8 Å². The van der Waals surface area contributed by atoms with E-state index in [2.05, 4.69) is 16.8 Å². The summed E-state index contributed by atoms with van der Waals surface area (Å²) in [6.07, 6.45) is 7.14. The molecule has 0 saturated carbocycles. The van der Waals surface area contributed by atoms with E-state index in [0.29, 0.717) is 11.8 Å². The number of amides is 1. The lowest BCUT2D eigenvalue weighted by atomic mass is 9.95. The molecule has 1 amide bonds. The van der Waals surface area contributed by atoms with Gasteiger partial charge in [0.1, 0.15) is 0 Å². The summed E-state index contributed by atoms with van der Waals surface area (Å²) >= 11 is 0. The van der Waals surface area contributed by atoms with Crippen molar-refractivity contribution in [2.45, 2.75) is 38.5 Å². The molecule has 0 aromatic carbocycles. The summed E-state index contributed by atoms with van der Waals surface area (Å²) in [5.74, 6) is 0.754. The molecule has 0 atom stereocenters. The summed E-state index contributed by atoms with van der Waals surface area (Å²) in [6.45, 7) is 4.19. The Hall–Kier alpha value is -0.570. The highest BCUT2D eigenvalue weighted by Gasteiger charge is 2.27. The zero-order chi connectivity index (χ0) is 11.4. The van der Waals surface area contributed by atoms with Crippen molar-refractivity contribution in [3.63, 3.8) is 0 Å². The minimum Gasteiger partial charge on any atom is -0.342 e. The van der Waals surface area contributed by atoms with Gasteiger partial charge in [0.15, 0.2) is 0 Å². The lowest BCUT2D eigenvalue weighted by Gasteiger charge is -2.32. The molecule has 0 aliphatic carbocycles. The highest BCUT2D eigenvalue weighted by atomic mass is 16.2. The number of piperidine rings is 1. The Balaban J connectivity index is 1.85. The van der Waals surface area contributed by atoms with Crippen LogP contribution in [0.25, 0.3) is 0 Å². The van der Waals surface area contributed by atoms with Crippen LogP contribution < -0.4 is 0 Å². The first-order valence-corrected chi connectivity index (χ1v) is 6.75. The van der Waals surface area contributed by atoms with Crippen LogP contribution in [-0.2, 0) is 4.79 Å². The monoisotopic (exact) mass is 224 g/mol. The maximum atomic E-state index is 12.3. The molecule has 0 spiro atoms. The van der Waals surface area contributed by atoms with Gasteiger partial charge in [-0.3, -0.25) is 4.79 Å². The summed E-state index contributed by atoms with van der Waals surface area (Å²) in [5, 5.41) is 0. The van der Waals surface area contributed by atoms with Crippen LogP contribution in [0, 0.1) is 5.92 Å². The number of nitrogens with zero attached hydrogens (tertiary/aromatic N) is 2. The van der Waals surface area contributed by atoms with E-state index in [9.17, 15) is 4.79 Å². The van der Waals surface area contributed by atoms with E-state index in [1.807, 2.05) is 0 Å². The van der Waals surface area contributed by atoms with Gasteiger partial charge in [-0.1, -0.05) is 12.8 Å². The van der Waals surface area contributed by atoms with Gasteiger partial charge >= 0.3 is 0 Å². The molecule has 2 aliphatic rings. The molecule has 2 rings (SSSR count). The SMILES string of the molecule is CN1CCC(C(=O)N2CCCCCC2)CC1. The lowest BCUT2D eigenvalue weighted by molar-refractivity contribution is -0.136. The van der Waals surface area contributed by atoms with Gasteiger partial charge in [0, 0.05) is 19.0 Å². The fourth-order valence-electron chi connectivity index (χ4n) is 2.80. The van der Waals surface area contributed by atoms with E-state index in [0.717, 1.165) is 39.0 Å². The van der Waals surface area contributed by atoms with Gasteiger partial charge < -0.3 is 9.80 Å². The summed E-state index contributed by atoms with van der Waals surface area (Å²) in [7, 11) is 2.15. The molecule has 3 heteroatoms. The molecule has 2 fully saturated rings. The van der Waals surface area contributed by atoms with Gasteiger partial charge in [0.2, 0.25) is 5.91 Å². The average molecular weight is 224 g/mol. The van der Waals surface area contributed by atoms with Crippen LogP contribution in [0.4, 0.5) is 0 Å². The fourth-order valence-corrected chi connectivity index (χ4v) is 2.80. The summed E-state index contributed by atoms with van der Waals surface area (Å²) in [5.41, 5.74) is 0. The van der Waals surface area contributed by atoms with Crippen LogP contribution in [-0.4, -0.2) is 48.9 Å². The van der Waals surface area contributed by atoms with Crippen LogP contribution in [0.1, 0.15) is 38.5 Å². The predicted molar refractivity (Wildman–Crippen MR) is 65.3 cm³/mol. The number of rotatable bonds is 1. The van der Waals surface area contributed by atoms with Crippen molar-refractivity contribution in [2.24, 2.45) is 5.92 Å². The van der Waals surface area contributed by atoms with Crippen molar-refractivity contribution < 1.29 is 4.79 Å². The normalized spacial score (nSPS) is 25.4. The van der Waals surface area contributed by atoms with Crippen LogP contribution >= 0.6 is 0 Å². The topological polar surface area (TPSA) is 23.6 Å². The van der Waals surface area contributed by atoms with Crippen molar-refractivity contribution in [1.29, 1.82) is 0 Å². The predicted octanol–water partition coefficient (Wildman–Crippen LogP) is 1.73. The van der Waals surface area contributed by atoms with Crippen molar-refractivity contribution in [3.05, 3.63) is 0 Å². The van der Waals surface area contributed by atoms with Crippen LogP contribution in [0.2, 0.25) is 0 Å². The highest BCUT2D eigenvalue weighted by Crippen LogP contribution is 2.20. The Morgan fingerprint density at radius 1 is 0.938 bits per heavy atom. The molecule has 0 aromatic heterocycles. The second-order valence-corrected chi connectivity index (χ2v) is 5.32. The second-order valence-electron chi connectivity index (χ2n) is 5.32. The minimum atomic E-state index is 0.314. The third kappa shape index (κ3) is 2.97.